The molecule has 14 heteroatoms. The first-order valence-corrected chi connectivity index (χ1v) is 17.8. The highest BCUT2D eigenvalue weighted by molar-refractivity contribution is 7.59. The van der Waals surface area contributed by atoms with Gasteiger partial charge in [-0.3, -0.25) is 9.59 Å². The Labute approximate surface area is 325 Å². The minimum absolute atomic E-state index is 0. The molecule has 4 aromatic heterocycles. The first-order chi connectivity index (χ1) is 25.2. The molecular weight excluding hydrogens is 721 g/mol. The van der Waals surface area contributed by atoms with Gasteiger partial charge in [-0.05, 0) is 86.1 Å². The lowest BCUT2D eigenvalue weighted by Crippen LogP contribution is -2.31. The zero-order valence-corrected chi connectivity index (χ0v) is 32.5. The number of aromatic amines is 2. The van der Waals surface area contributed by atoms with Crippen LogP contribution in [-0.4, -0.2) is 64.6 Å². The number of imidazole rings is 2. The predicted octanol–water partition coefficient (Wildman–Crippen LogP) is 8.16. The van der Waals surface area contributed by atoms with Crippen LogP contribution in [0, 0.1) is 27.7 Å². The molecular formula is C40H42N8O4S2. The molecule has 2 aliphatic rings. The fourth-order valence-corrected chi connectivity index (χ4v) is 7.90. The number of aromatic nitrogens is 6. The smallest absolute Gasteiger partial charge is 0.276 e. The maximum Gasteiger partial charge on any atom is 0.276 e. The quantitative estimate of drug-likeness (QED) is 0.172. The Balaban J connectivity index is 0.00000225. The minimum Gasteiger partial charge on any atom is -0.445 e. The highest BCUT2D eigenvalue weighted by atomic mass is 32.1. The molecule has 278 valence electrons. The molecule has 2 N–H and O–H groups in total. The molecule has 3 aromatic carbocycles. The largest absolute Gasteiger partial charge is 0.445 e. The molecule has 0 spiro atoms. The van der Waals surface area contributed by atoms with E-state index in [9.17, 15) is 9.59 Å². The van der Waals surface area contributed by atoms with E-state index in [2.05, 4.69) is 68.5 Å². The lowest BCUT2D eigenvalue weighted by molar-refractivity contribution is 0.0716. The van der Waals surface area contributed by atoms with E-state index in [4.69, 9.17) is 18.8 Å². The van der Waals surface area contributed by atoms with Crippen LogP contribution in [0.4, 0.5) is 0 Å². The maximum absolute atomic E-state index is 13.4. The second-order valence-electron chi connectivity index (χ2n) is 13.9. The van der Waals surface area contributed by atoms with Crippen LogP contribution >= 0.6 is 27.0 Å². The van der Waals surface area contributed by atoms with Crippen molar-refractivity contribution >= 4 is 60.9 Å². The van der Waals surface area contributed by atoms with Gasteiger partial charge >= 0.3 is 0 Å². The molecule has 2 atom stereocenters. The fourth-order valence-electron chi connectivity index (χ4n) is 7.90. The van der Waals surface area contributed by atoms with E-state index >= 15 is 0 Å². The number of rotatable bonds is 6. The van der Waals surface area contributed by atoms with Gasteiger partial charge in [0, 0.05) is 26.9 Å². The van der Waals surface area contributed by atoms with Crippen LogP contribution in [0.5, 0.6) is 0 Å². The number of carbonyl (C=O) groups is 2. The summed E-state index contributed by atoms with van der Waals surface area (Å²) in [7, 11) is 0. The number of hydrogen-bond donors (Lipinski definition) is 2. The van der Waals surface area contributed by atoms with E-state index in [1.807, 2.05) is 21.9 Å². The number of oxazole rings is 2. The van der Waals surface area contributed by atoms with Gasteiger partial charge < -0.3 is 28.6 Å². The van der Waals surface area contributed by atoms with Crippen LogP contribution in [0.1, 0.15) is 93.7 Å². The molecule has 0 bridgehead atoms. The summed E-state index contributed by atoms with van der Waals surface area (Å²) in [6, 6.07) is 20.7. The van der Waals surface area contributed by atoms with Crippen LogP contribution in [0.15, 0.2) is 69.5 Å². The van der Waals surface area contributed by atoms with Crippen LogP contribution in [0.25, 0.3) is 44.3 Å². The van der Waals surface area contributed by atoms with Crippen molar-refractivity contribution in [3.05, 3.63) is 107 Å². The summed E-state index contributed by atoms with van der Waals surface area (Å²) in [5.41, 5.74) is 8.66. The Kier molecular flexibility index (Phi) is 9.92. The number of fused-ring (bicyclic) bond motifs is 2. The van der Waals surface area contributed by atoms with Crippen molar-refractivity contribution < 1.29 is 18.4 Å². The summed E-state index contributed by atoms with van der Waals surface area (Å²) in [6.07, 6.45) is 3.48. The summed E-state index contributed by atoms with van der Waals surface area (Å²) < 4.78 is 11.1. The van der Waals surface area contributed by atoms with E-state index in [-0.39, 0.29) is 50.9 Å². The molecule has 7 aromatic rings. The molecule has 2 amide bonds. The van der Waals surface area contributed by atoms with Crippen molar-refractivity contribution in [1.29, 1.82) is 0 Å². The highest BCUT2D eigenvalue weighted by Gasteiger charge is 2.36. The lowest BCUT2D eigenvalue weighted by Gasteiger charge is -2.22. The number of aryl methyl sites for hydroxylation is 4. The zero-order chi connectivity index (χ0) is 35.7. The molecule has 2 saturated heterocycles. The van der Waals surface area contributed by atoms with Gasteiger partial charge in [0.15, 0.2) is 23.2 Å². The number of H-pyrrole nitrogens is 2. The average Bonchev–Trinajstić information content (AvgIpc) is 3.99. The van der Waals surface area contributed by atoms with E-state index < -0.39 is 0 Å². The third kappa shape index (κ3) is 6.47. The molecule has 2 aliphatic heterocycles. The van der Waals surface area contributed by atoms with Crippen molar-refractivity contribution in [3.8, 4) is 22.3 Å². The van der Waals surface area contributed by atoms with Crippen molar-refractivity contribution in [3.63, 3.8) is 0 Å². The number of nitrogens with one attached hydrogen (secondary N) is 2. The molecule has 54 heavy (non-hydrogen) atoms. The van der Waals surface area contributed by atoms with E-state index in [1.165, 1.54) is 0 Å². The molecule has 2 fully saturated rings. The van der Waals surface area contributed by atoms with Gasteiger partial charge in [0.25, 0.3) is 11.8 Å². The standard InChI is InChI=1S/C40H38N8O4.2H2S/c1-21-35(41-23(3)51-21)39(49)47-17-5-7-33(47)37-43-29-15-13-27(19-31(29)45-37)25-9-11-26(12-10-25)28-14-16-30-32(20-28)46-38(44-30)34-8-6-18-48(34)40(50)36-22(2)52-24(4)42-36;;/h9-16,19-20,33-34H,5-8,17-18H2,1-4H3,(H,43,45)(H,44,46);2*1H2/t33-,34-;;/m0../s1. The molecule has 6 heterocycles. The number of amides is 2. The second kappa shape index (κ2) is 14.5. The van der Waals surface area contributed by atoms with Crippen LogP contribution < -0.4 is 0 Å². The average molecular weight is 763 g/mol. The highest BCUT2D eigenvalue weighted by Crippen LogP contribution is 2.36. The summed E-state index contributed by atoms with van der Waals surface area (Å²) >= 11 is 0. The zero-order valence-electron chi connectivity index (χ0n) is 30.5. The molecule has 0 saturated carbocycles. The van der Waals surface area contributed by atoms with Crippen molar-refractivity contribution in [2.45, 2.75) is 65.5 Å². The number of carbonyl (C=O) groups excluding carboxylic acids is 2. The first-order valence-electron chi connectivity index (χ1n) is 17.8. The summed E-state index contributed by atoms with van der Waals surface area (Å²) in [6.45, 7) is 8.38. The molecule has 0 aliphatic carbocycles. The van der Waals surface area contributed by atoms with E-state index in [0.717, 1.165) is 81.7 Å². The maximum atomic E-state index is 13.4. The molecule has 9 rings (SSSR count). The number of nitrogens with zero attached hydrogens (tertiary/aromatic N) is 6. The van der Waals surface area contributed by atoms with Gasteiger partial charge in [-0.15, -0.1) is 0 Å². The third-order valence-electron chi connectivity index (χ3n) is 10.4. The Bertz CT molecular complexity index is 2340. The molecule has 0 radical (unpaired) electrons. The minimum atomic E-state index is -0.144. The number of benzene rings is 3. The third-order valence-corrected chi connectivity index (χ3v) is 10.4. The normalized spacial score (nSPS) is 17.0. The van der Waals surface area contributed by atoms with E-state index in [1.54, 1.807) is 27.7 Å². The van der Waals surface area contributed by atoms with E-state index in [0.29, 0.717) is 47.8 Å². The topological polar surface area (TPSA) is 150 Å². The number of hydrogen-bond acceptors (Lipinski definition) is 8. The Morgan fingerprint density at radius 2 is 0.981 bits per heavy atom. The van der Waals surface area contributed by atoms with Gasteiger partial charge in [-0.25, -0.2) is 19.9 Å². The molecule has 12 nitrogen and oxygen atoms in total. The van der Waals surface area contributed by atoms with Crippen LogP contribution in [-0.2, 0) is 0 Å². The van der Waals surface area contributed by atoms with Crippen LogP contribution in [0.3, 0.4) is 0 Å². The number of likely N-dealkylation sites (tertiary alicyclic amines) is 2. The second-order valence-corrected chi connectivity index (χ2v) is 13.9. The fraction of sp³-hybridized carbons (Fsp3) is 0.300. The van der Waals surface area contributed by atoms with Gasteiger partial charge in [0.1, 0.15) is 23.2 Å². The summed E-state index contributed by atoms with van der Waals surface area (Å²) in [5, 5.41) is 0. The summed E-state index contributed by atoms with van der Waals surface area (Å²) in [4.78, 5) is 56.0. The van der Waals surface area contributed by atoms with Gasteiger partial charge in [-0.2, -0.15) is 27.0 Å². The Morgan fingerprint density at radius 1 is 0.593 bits per heavy atom. The first kappa shape index (κ1) is 37.0. The van der Waals surface area contributed by atoms with Crippen molar-refractivity contribution in [2.24, 2.45) is 0 Å². The van der Waals surface area contributed by atoms with Crippen molar-refractivity contribution in [1.82, 2.24) is 39.7 Å². The van der Waals surface area contributed by atoms with Gasteiger partial charge in [0.2, 0.25) is 0 Å². The Morgan fingerprint density at radius 3 is 1.35 bits per heavy atom. The SMILES string of the molecule is Cc1nc(C(=O)N2CCC[C@H]2c2nc3ccc(-c4ccc(-c5ccc6nc([C@@H]7CCCN7C(=O)c7nc(C)oc7C)[nH]c6c5)cc4)cc3[nH]2)c(C)o1.S.S. The van der Waals surface area contributed by atoms with Crippen molar-refractivity contribution in [2.75, 3.05) is 13.1 Å². The Hall–Kier alpha value is -5.34. The molecule has 0 unspecified atom stereocenters. The summed E-state index contributed by atoms with van der Waals surface area (Å²) in [5.74, 6) is 3.40. The predicted molar refractivity (Wildman–Crippen MR) is 215 cm³/mol. The van der Waals surface area contributed by atoms with Crippen LogP contribution in [0.2, 0.25) is 0 Å². The lowest BCUT2D eigenvalue weighted by atomic mass is 10.00. The monoisotopic (exact) mass is 762 g/mol. The van der Waals surface area contributed by atoms with Gasteiger partial charge in [0.05, 0.1) is 34.2 Å². The van der Waals surface area contributed by atoms with Gasteiger partial charge in [-0.1, -0.05) is 36.4 Å².